The summed E-state index contributed by atoms with van der Waals surface area (Å²) in [6, 6.07) is 14.0. The Morgan fingerprint density at radius 2 is 1.66 bits per heavy atom. The summed E-state index contributed by atoms with van der Waals surface area (Å²) in [5.41, 5.74) is 0.121. The van der Waals surface area contributed by atoms with Gasteiger partial charge in [-0.3, -0.25) is 9.52 Å². The molecule has 3 rings (SSSR count). The van der Waals surface area contributed by atoms with Gasteiger partial charge in [0.15, 0.2) is 0 Å². The van der Waals surface area contributed by atoms with Crippen LogP contribution in [-0.2, 0) is 26.6 Å². The fraction of sp³-hybridized carbons (Fsp3) is 0.0556. The lowest BCUT2D eigenvalue weighted by Crippen LogP contribution is -2.24. The number of sulfonamides is 2. The zero-order valence-corrected chi connectivity index (χ0v) is 16.5. The second-order valence-corrected chi connectivity index (χ2v) is 9.18. The SMILES string of the molecule is NS(=O)(=O)c1cccc(S(=O)(=O)Nc2ccccc2C(=O)NCc2ccco2)c1. The molecule has 152 valence electrons. The fourth-order valence-corrected chi connectivity index (χ4v) is 4.23. The smallest absolute Gasteiger partial charge is 0.261 e. The molecule has 1 aromatic heterocycles. The molecular weight excluding hydrogens is 418 g/mol. The number of carbonyl (C=O) groups is 1. The Labute approximate surface area is 167 Å². The Morgan fingerprint density at radius 3 is 2.34 bits per heavy atom. The van der Waals surface area contributed by atoms with Gasteiger partial charge in [0.25, 0.3) is 15.9 Å². The third kappa shape index (κ3) is 5.02. The molecule has 0 spiro atoms. The Bertz CT molecular complexity index is 1240. The van der Waals surface area contributed by atoms with Gasteiger partial charge in [-0.25, -0.2) is 22.0 Å². The molecule has 0 atom stereocenters. The van der Waals surface area contributed by atoms with E-state index in [0.29, 0.717) is 5.76 Å². The second-order valence-electron chi connectivity index (χ2n) is 5.93. The summed E-state index contributed by atoms with van der Waals surface area (Å²) in [6.45, 7) is 0.128. The van der Waals surface area contributed by atoms with E-state index in [9.17, 15) is 21.6 Å². The van der Waals surface area contributed by atoms with Gasteiger partial charge in [-0.1, -0.05) is 18.2 Å². The van der Waals surface area contributed by atoms with Gasteiger partial charge in [-0.2, -0.15) is 0 Å². The van der Waals surface area contributed by atoms with E-state index in [-0.39, 0.29) is 27.6 Å². The second kappa shape index (κ2) is 8.07. The van der Waals surface area contributed by atoms with Gasteiger partial charge in [0, 0.05) is 0 Å². The number of carbonyl (C=O) groups excluding carboxylic acids is 1. The Balaban J connectivity index is 1.85. The number of nitrogens with one attached hydrogen (secondary N) is 2. The highest BCUT2D eigenvalue weighted by Crippen LogP contribution is 2.22. The van der Waals surface area contributed by atoms with Crippen LogP contribution in [0.5, 0.6) is 0 Å². The Hall–Kier alpha value is -3.15. The lowest BCUT2D eigenvalue weighted by atomic mass is 10.1. The summed E-state index contributed by atoms with van der Waals surface area (Å²) >= 11 is 0. The molecule has 0 aliphatic heterocycles. The predicted octanol–water partition coefficient (Wildman–Crippen LogP) is 1.66. The molecule has 3 aromatic rings. The molecule has 0 bridgehead atoms. The van der Waals surface area contributed by atoms with E-state index in [0.717, 1.165) is 6.07 Å². The summed E-state index contributed by atoms with van der Waals surface area (Å²) in [4.78, 5) is 11.8. The molecule has 2 aromatic carbocycles. The first-order valence-corrected chi connectivity index (χ1v) is 11.2. The average Bonchev–Trinajstić information content (AvgIpc) is 3.19. The zero-order chi connectivity index (χ0) is 21.1. The van der Waals surface area contributed by atoms with Crippen molar-refractivity contribution in [1.82, 2.24) is 5.32 Å². The van der Waals surface area contributed by atoms with Crippen LogP contribution in [0.1, 0.15) is 16.1 Å². The van der Waals surface area contributed by atoms with Gasteiger partial charge < -0.3 is 9.73 Å². The molecule has 11 heteroatoms. The Morgan fingerprint density at radius 1 is 0.931 bits per heavy atom. The van der Waals surface area contributed by atoms with Gasteiger partial charge >= 0.3 is 0 Å². The van der Waals surface area contributed by atoms with E-state index in [4.69, 9.17) is 9.56 Å². The minimum absolute atomic E-state index is 0.0328. The van der Waals surface area contributed by atoms with Crippen molar-refractivity contribution in [2.45, 2.75) is 16.3 Å². The van der Waals surface area contributed by atoms with Gasteiger partial charge in [0.1, 0.15) is 5.76 Å². The summed E-state index contributed by atoms with van der Waals surface area (Å²) < 4.78 is 55.8. The van der Waals surface area contributed by atoms with Gasteiger partial charge in [0.2, 0.25) is 10.0 Å². The molecule has 0 saturated heterocycles. The number of nitrogens with two attached hydrogens (primary N) is 1. The number of amides is 1. The highest BCUT2D eigenvalue weighted by molar-refractivity contribution is 7.93. The van der Waals surface area contributed by atoms with Crippen LogP contribution in [0.2, 0.25) is 0 Å². The van der Waals surface area contributed by atoms with E-state index < -0.39 is 26.0 Å². The largest absolute Gasteiger partial charge is 0.467 e. The summed E-state index contributed by atoms with van der Waals surface area (Å²) in [7, 11) is -8.25. The first kappa shape index (κ1) is 20.6. The van der Waals surface area contributed by atoms with Crippen molar-refractivity contribution in [3.63, 3.8) is 0 Å². The number of hydrogen-bond acceptors (Lipinski definition) is 6. The lowest BCUT2D eigenvalue weighted by Gasteiger charge is -2.13. The third-order valence-electron chi connectivity index (χ3n) is 3.86. The third-order valence-corrected chi connectivity index (χ3v) is 6.14. The standard InChI is InChI=1S/C18H17N3O6S2/c19-28(23,24)14-6-3-7-15(11-14)29(25,26)21-17-9-2-1-8-16(17)18(22)20-12-13-5-4-10-27-13/h1-11,21H,12H2,(H,20,22)(H2,19,23,24). The van der Waals surface area contributed by atoms with Crippen molar-refractivity contribution in [1.29, 1.82) is 0 Å². The van der Waals surface area contributed by atoms with Crippen LogP contribution in [-0.4, -0.2) is 22.7 Å². The molecule has 0 aliphatic rings. The number of para-hydroxylation sites is 1. The van der Waals surface area contributed by atoms with Crippen molar-refractivity contribution in [3.05, 3.63) is 78.3 Å². The van der Waals surface area contributed by atoms with E-state index in [1.54, 1.807) is 24.3 Å². The fourth-order valence-electron chi connectivity index (χ4n) is 2.47. The molecule has 4 N–H and O–H groups in total. The van der Waals surface area contributed by atoms with Crippen LogP contribution in [0.4, 0.5) is 5.69 Å². The first-order valence-electron chi connectivity index (χ1n) is 8.22. The van der Waals surface area contributed by atoms with Gasteiger partial charge in [0.05, 0.1) is 33.8 Å². The summed E-state index contributed by atoms with van der Waals surface area (Å²) in [6.07, 6.45) is 1.47. The minimum Gasteiger partial charge on any atom is -0.467 e. The number of benzene rings is 2. The predicted molar refractivity (Wildman–Crippen MR) is 105 cm³/mol. The zero-order valence-electron chi connectivity index (χ0n) is 14.9. The molecule has 0 fully saturated rings. The molecule has 1 amide bonds. The van der Waals surface area contributed by atoms with E-state index in [1.165, 1.54) is 36.6 Å². The normalized spacial score (nSPS) is 11.8. The number of rotatable bonds is 7. The Kier molecular flexibility index (Phi) is 5.73. The minimum atomic E-state index is -4.18. The number of hydrogen-bond donors (Lipinski definition) is 3. The van der Waals surface area contributed by atoms with Crippen LogP contribution < -0.4 is 15.2 Å². The molecule has 0 aliphatic carbocycles. The maximum Gasteiger partial charge on any atom is 0.261 e. The van der Waals surface area contributed by atoms with Crippen molar-refractivity contribution in [2.75, 3.05) is 4.72 Å². The van der Waals surface area contributed by atoms with Crippen LogP contribution >= 0.6 is 0 Å². The highest BCUT2D eigenvalue weighted by atomic mass is 32.2. The van der Waals surface area contributed by atoms with Crippen LogP contribution in [0.25, 0.3) is 0 Å². The van der Waals surface area contributed by atoms with Crippen molar-refractivity contribution in [3.8, 4) is 0 Å². The number of primary sulfonamides is 1. The lowest BCUT2D eigenvalue weighted by molar-refractivity contribution is 0.0949. The molecule has 9 nitrogen and oxygen atoms in total. The van der Waals surface area contributed by atoms with Crippen LogP contribution in [0.15, 0.2) is 81.1 Å². The monoisotopic (exact) mass is 435 g/mol. The van der Waals surface area contributed by atoms with E-state index in [1.807, 2.05) is 0 Å². The number of furan rings is 1. The van der Waals surface area contributed by atoms with Crippen LogP contribution in [0, 0.1) is 0 Å². The van der Waals surface area contributed by atoms with Crippen LogP contribution in [0.3, 0.4) is 0 Å². The maximum atomic E-state index is 12.7. The van der Waals surface area contributed by atoms with E-state index in [2.05, 4.69) is 10.0 Å². The quantitative estimate of drug-likeness (QED) is 0.514. The molecule has 0 radical (unpaired) electrons. The van der Waals surface area contributed by atoms with Crippen molar-refractivity contribution >= 4 is 31.6 Å². The first-order chi connectivity index (χ1) is 13.7. The summed E-state index contributed by atoms with van der Waals surface area (Å²) in [5.74, 6) is 0.0224. The molecular formula is C18H17N3O6S2. The summed E-state index contributed by atoms with van der Waals surface area (Å²) in [5, 5.41) is 7.69. The molecule has 0 unspecified atom stereocenters. The number of anilines is 1. The van der Waals surface area contributed by atoms with Gasteiger partial charge in [-0.05, 0) is 42.5 Å². The van der Waals surface area contributed by atoms with E-state index >= 15 is 0 Å². The van der Waals surface area contributed by atoms with Crippen molar-refractivity contribution < 1.29 is 26.0 Å². The van der Waals surface area contributed by atoms with Gasteiger partial charge in [-0.15, -0.1) is 0 Å². The molecule has 1 heterocycles. The average molecular weight is 435 g/mol. The highest BCUT2D eigenvalue weighted by Gasteiger charge is 2.20. The van der Waals surface area contributed by atoms with Crippen molar-refractivity contribution in [2.24, 2.45) is 5.14 Å². The topological polar surface area (TPSA) is 149 Å². The maximum absolute atomic E-state index is 12.7. The molecule has 0 saturated carbocycles. The molecule has 29 heavy (non-hydrogen) atoms.